The van der Waals surface area contributed by atoms with Gasteiger partial charge in [-0.15, -0.1) is 6.42 Å². The molecule has 0 nitrogen and oxygen atoms in total. The minimum atomic E-state index is 0. The number of hydrogen-bond acceptors (Lipinski definition) is 0. The van der Waals surface area contributed by atoms with Gasteiger partial charge in [-0.3, -0.25) is 6.08 Å². The molecule has 0 atom stereocenters. The van der Waals surface area contributed by atoms with Gasteiger partial charge in [0.2, 0.25) is 0 Å². The van der Waals surface area contributed by atoms with E-state index in [-0.39, 0.29) is 85.3 Å². The molecule has 1 rings (SSSR count). The smallest absolute Gasteiger partial charge is 0 e. The van der Waals surface area contributed by atoms with Crippen molar-refractivity contribution in [3.8, 4) is 0 Å². The fourth-order valence-electron chi connectivity index (χ4n) is 0.340. The van der Waals surface area contributed by atoms with Crippen LogP contribution >= 0.6 is 0 Å². The third kappa shape index (κ3) is 55.6. The van der Waals surface area contributed by atoms with Crippen molar-refractivity contribution in [2.45, 2.75) is 6.42 Å². The molecule has 0 aliphatic heterocycles. The molecule has 0 fully saturated rings. The van der Waals surface area contributed by atoms with E-state index in [2.05, 4.69) is 12.2 Å². The zero-order valence-corrected chi connectivity index (χ0v) is 15.0. The predicted octanol–water partition coefficient (Wildman–Crippen LogP) is 4.91. The van der Waals surface area contributed by atoms with E-state index in [9.17, 15) is 0 Å². The van der Waals surface area contributed by atoms with Crippen LogP contribution in [0, 0.1) is 65.5 Å². The Bertz CT molecular complexity index is 63.3. The first kappa shape index (κ1) is 89.4. The zero-order valence-electron chi connectivity index (χ0n) is 11.4. The van der Waals surface area contributed by atoms with Gasteiger partial charge in [0.1, 0.15) is 0 Å². The van der Waals surface area contributed by atoms with Crippen LogP contribution in [0.4, 0.5) is 0 Å². The maximum atomic E-state index is 2.99. The molecule has 0 saturated carbocycles. The summed E-state index contributed by atoms with van der Waals surface area (Å²) in [6, 6.07) is 0. The van der Waals surface area contributed by atoms with Crippen LogP contribution in [0.3, 0.4) is 0 Å². The molecule has 0 aromatic heterocycles. The van der Waals surface area contributed by atoms with Gasteiger partial charge in [-0.05, 0) is 0 Å². The van der Waals surface area contributed by atoms with Crippen LogP contribution < -0.4 is 0 Å². The molecular formula is C13H29Hf-9. The summed E-state index contributed by atoms with van der Waals surface area (Å²) in [6.07, 6.45) is 10.0. The van der Waals surface area contributed by atoms with Crippen molar-refractivity contribution in [2.24, 2.45) is 0 Å². The van der Waals surface area contributed by atoms with E-state index < -0.39 is 0 Å². The van der Waals surface area contributed by atoms with Gasteiger partial charge in [0, 0.05) is 25.8 Å². The zero-order chi connectivity index (χ0) is 3.54. The van der Waals surface area contributed by atoms with Crippen LogP contribution in [-0.4, -0.2) is 0 Å². The topological polar surface area (TPSA) is 0 Å². The summed E-state index contributed by atoms with van der Waals surface area (Å²) in [5.74, 6) is 0. The minimum absolute atomic E-state index is 0. The molecule has 1 aliphatic carbocycles. The predicted molar refractivity (Wildman–Crippen MR) is 72.9 cm³/mol. The molecule has 0 unspecified atom stereocenters. The van der Waals surface area contributed by atoms with Gasteiger partial charge >= 0.3 is 0 Å². The summed E-state index contributed by atoms with van der Waals surface area (Å²) in [5, 5.41) is 0. The van der Waals surface area contributed by atoms with Crippen molar-refractivity contribution < 1.29 is 25.8 Å². The quantitative estimate of drug-likeness (QED) is 0.424. The fraction of sp³-hybridized carbons (Fsp3) is 0.0769. The molecule has 0 aromatic rings. The first-order chi connectivity index (χ1) is 2.50. The molecule has 0 saturated heterocycles. The van der Waals surface area contributed by atoms with Crippen molar-refractivity contribution in [3.63, 3.8) is 0 Å². The van der Waals surface area contributed by atoms with Crippen LogP contribution in [0.15, 0.2) is 18.2 Å². The molecule has 0 bridgehead atoms. The van der Waals surface area contributed by atoms with E-state index in [1.807, 2.05) is 12.2 Å². The fourth-order valence-corrected chi connectivity index (χ4v) is 0.340. The Morgan fingerprint density at radius 3 is 1.14 bits per heavy atom. The molecule has 0 N–H and O–H groups in total. The third-order valence-corrected chi connectivity index (χ3v) is 0.586. The molecular weight excluding hydrogens is 335 g/mol. The summed E-state index contributed by atoms with van der Waals surface area (Å²) < 4.78 is 0. The van der Waals surface area contributed by atoms with Crippen LogP contribution in [-0.2, 0) is 25.8 Å². The molecule has 0 heterocycles. The van der Waals surface area contributed by atoms with Gasteiger partial charge in [0.05, 0.1) is 0 Å². The molecule has 1 heteroatoms. The second-order valence-corrected chi connectivity index (χ2v) is 1.00. The Morgan fingerprint density at radius 1 is 0.714 bits per heavy atom. The van der Waals surface area contributed by atoms with Crippen molar-refractivity contribution >= 4 is 0 Å². The third-order valence-electron chi connectivity index (χ3n) is 0.586. The van der Waals surface area contributed by atoms with Gasteiger partial charge in [-0.1, -0.05) is 0 Å². The Balaban J connectivity index is -0.00000000397. The summed E-state index contributed by atoms with van der Waals surface area (Å²) >= 11 is 0. The van der Waals surface area contributed by atoms with Gasteiger partial charge in [-0.2, -0.15) is 6.08 Å². The largest absolute Gasteiger partial charge is 0.358 e. The Hall–Kier alpha value is 0.350. The van der Waals surface area contributed by atoms with Gasteiger partial charge < -0.3 is 59.4 Å². The molecule has 1 aliphatic rings. The standard InChI is InChI=1S/C5H5.8CH3.Hf/c1-2-4-5-3-1;;;;;;;;;/h1-3H,4H2;8*1H3;/q9*-1;. The first-order valence-corrected chi connectivity index (χ1v) is 1.72. The van der Waals surface area contributed by atoms with Crippen LogP contribution in [0.2, 0.25) is 0 Å². The van der Waals surface area contributed by atoms with Gasteiger partial charge in [0.25, 0.3) is 0 Å². The normalized spacial score (nSPS) is 6.29. The average Bonchev–Trinajstić information content (AvgIpc) is 1.76. The first-order valence-electron chi connectivity index (χ1n) is 1.72. The molecule has 0 spiro atoms. The second-order valence-electron chi connectivity index (χ2n) is 1.00. The van der Waals surface area contributed by atoms with Crippen molar-refractivity contribution in [3.05, 3.63) is 83.7 Å². The van der Waals surface area contributed by atoms with E-state index >= 15 is 0 Å². The maximum Gasteiger partial charge on any atom is 0 e. The van der Waals surface area contributed by atoms with E-state index in [1.165, 1.54) is 0 Å². The summed E-state index contributed by atoms with van der Waals surface area (Å²) in [4.78, 5) is 0. The van der Waals surface area contributed by atoms with E-state index in [1.54, 1.807) is 0 Å². The van der Waals surface area contributed by atoms with Gasteiger partial charge in [0.15, 0.2) is 0 Å². The minimum Gasteiger partial charge on any atom is -0.358 e. The van der Waals surface area contributed by atoms with Gasteiger partial charge in [-0.25, -0.2) is 12.2 Å². The van der Waals surface area contributed by atoms with E-state index in [4.69, 9.17) is 0 Å². The molecule has 0 aromatic carbocycles. The monoisotopic (exact) mass is 365 g/mol. The van der Waals surface area contributed by atoms with Crippen molar-refractivity contribution in [2.75, 3.05) is 0 Å². The maximum absolute atomic E-state index is 2.99. The Kier molecular flexibility index (Phi) is 454. The van der Waals surface area contributed by atoms with Crippen molar-refractivity contribution in [1.82, 2.24) is 0 Å². The average molecular weight is 364 g/mol. The number of allylic oxidation sites excluding steroid dienone is 4. The number of hydrogen-bond donors (Lipinski definition) is 0. The molecule has 94 valence electrons. The van der Waals surface area contributed by atoms with Crippen LogP contribution in [0.1, 0.15) is 6.42 Å². The second kappa shape index (κ2) is 71.1. The summed E-state index contributed by atoms with van der Waals surface area (Å²) in [6.45, 7) is 0. The Morgan fingerprint density at radius 2 is 1.07 bits per heavy atom. The van der Waals surface area contributed by atoms with Crippen LogP contribution in [0.25, 0.3) is 0 Å². The SMILES string of the molecule is [C-]1=CC=CC1.[CH3-].[CH3-].[CH3-].[CH3-].[CH3-].[CH3-].[CH3-].[CH3-].[Hf]. The molecule has 0 radical (unpaired) electrons. The summed E-state index contributed by atoms with van der Waals surface area (Å²) in [5.41, 5.74) is 0. The molecule has 14 heavy (non-hydrogen) atoms. The van der Waals surface area contributed by atoms with Crippen molar-refractivity contribution in [1.29, 1.82) is 0 Å². The Labute approximate surface area is 116 Å². The number of rotatable bonds is 0. The molecule has 0 amide bonds. The van der Waals surface area contributed by atoms with E-state index in [0.717, 1.165) is 6.42 Å². The van der Waals surface area contributed by atoms with Crippen LogP contribution in [0.5, 0.6) is 0 Å². The van der Waals surface area contributed by atoms with E-state index in [0.29, 0.717) is 0 Å². The summed E-state index contributed by atoms with van der Waals surface area (Å²) in [7, 11) is 0.